The third-order valence-electron chi connectivity index (χ3n) is 2.92. The lowest BCUT2D eigenvalue weighted by Gasteiger charge is -2.27. The Bertz CT molecular complexity index is 565. The topological polar surface area (TPSA) is 44.7 Å². The molecule has 0 radical (unpaired) electrons. The molecule has 1 N–H and O–H groups in total. The molecular formula is C11H8F3N3O. The second kappa shape index (κ2) is 3.47. The van der Waals surface area contributed by atoms with Gasteiger partial charge in [0.1, 0.15) is 5.84 Å². The lowest BCUT2D eigenvalue weighted by molar-refractivity contribution is -0.137. The third-order valence-corrected chi connectivity index (χ3v) is 2.92. The largest absolute Gasteiger partial charge is 0.416 e. The minimum absolute atomic E-state index is 0.159. The van der Waals surface area contributed by atoms with Crippen LogP contribution in [-0.2, 0) is 6.18 Å². The lowest BCUT2D eigenvalue weighted by Crippen LogP contribution is -2.42. The Morgan fingerprint density at radius 3 is 2.83 bits per heavy atom. The fraction of sp³-hybridized carbons (Fsp3) is 0.273. The van der Waals surface area contributed by atoms with Gasteiger partial charge in [-0.25, -0.2) is 4.79 Å². The fourth-order valence-corrected chi connectivity index (χ4v) is 2.08. The van der Waals surface area contributed by atoms with E-state index in [0.717, 1.165) is 12.1 Å². The number of rotatable bonds is 0. The van der Waals surface area contributed by atoms with Gasteiger partial charge in [0.25, 0.3) is 0 Å². The molecule has 18 heavy (non-hydrogen) atoms. The first-order valence-electron chi connectivity index (χ1n) is 5.31. The van der Waals surface area contributed by atoms with Crippen molar-refractivity contribution < 1.29 is 18.0 Å². The number of amides is 2. The van der Waals surface area contributed by atoms with E-state index in [1.807, 2.05) is 0 Å². The first-order chi connectivity index (χ1) is 8.47. The maximum Gasteiger partial charge on any atom is 0.416 e. The molecular weight excluding hydrogens is 247 g/mol. The van der Waals surface area contributed by atoms with E-state index in [4.69, 9.17) is 0 Å². The summed E-state index contributed by atoms with van der Waals surface area (Å²) in [6, 6.07) is 2.84. The molecule has 0 aromatic heterocycles. The summed E-state index contributed by atoms with van der Waals surface area (Å²) in [5, 5.41) is 2.45. The highest BCUT2D eigenvalue weighted by Crippen LogP contribution is 2.34. The smallest absolute Gasteiger partial charge is 0.307 e. The van der Waals surface area contributed by atoms with E-state index in [9.17, 15) is 18.0 Å². The Morgan fingerprint density at radius 2 is 2.11 bits per heavy atom. The van der Waals surface area contributed by atoms with Crippen LogP contribution >= 0.6 is 0 Å². The highest BCUT2D eigenvalue weighted by atomic mass is 19.4. The minimum Gasteiger partial charge on any atom is -0.307 e. The summed E-state index contributed by atoms with van der Waals surface area (Å²) in [7, 11) is 0. The maximum atomic E-state index is 12.6. The van der Waals surface area contributed by atoms with Crippen molar-refractivity contribution in [1.82, 2.24) is 4.90 Å². The van der Waals surface area contributed by atoms with Crippen LogP contribution in [0, 0.1) is 0 Å². The number of nitrogens with one attached hydrogen (secondary N) is 1. The normalized spacial score (nSPS) is 18.1. The molecule has 0 spiro atoms. The van der Waals surface area contributed by atoms with E-state index < -0.39 is 17.8 Å². The molecule has 2 amide bonds. The summed E-state index contributed by atoms with van der Waals surface area (Å²) < 4.78 is 37.7. The second-order valence-corrected chi connectivity index (χ2v) is 4.05. The molecule has 1 aromatic carbocycles. The number of nitrogens with zero attached hydrogens (tertiary/aromatic N) is 2. The summed E-state index contributed by atoms with van der Waals surface area (Å²) in [6.07, 6.45) is -4.42. The number of carbonyl (C=O) groups excluding carboxylic acids is 1. The molecule has 0 saturated carbocycles. The number of urea groups is 1. The number of carbonyl (C=O) groups is 1. The van der Waals surface area contributed by atoms with Gasteiger partial charge in [0.15, 0.2) is 0 Å². The van der Waals surface area contributed by atoms with Crippen LogP contribution in [0.1, 0.15) is 11.1 Å². The monoisotopic (exact) mass is 255 g/mol. The van der Waals surface area contributed by atoms with Crippen LogP contribution < -0.4 is 5.32 Å². The van der Waals surface area contributed by atoms with Gasteiger partial charge in [-0.15, -0.1) is 0 Å². The summed E-state index contributed by atoms with van der Waals surface area (Å²) in [4.78, 5) is 17.2. The molecule has 0 fully saturated rings. The molecule has 94 valence electrons. The van der Waals surface area contributed by atoms with Gasteiger partial charge in [-0.05, 0) is 18.2 Å². The van der Waals surface area contributed by atoms with Crippen LogP contribution in [0.15, 0.2) is 23.2 Å². The molecule has 4 nitrogen and oxygen atoms in total. The predicted octanol–water partition coefficient (Wildman–Crippen LogP) is 2.31. The van der Waals surface area contributed by atoms with E-state index in [0.29, 0.717) is 24.5 Å². The number of fused-ring (bicyclic) bond motifs is 3. The van der Waals surface area contributed by atoms with E-state index in [2.05, 4.69) is 10.3 Å². The van der Waals surface area contributed by atoms with Crippen LogP contribution in [0.25, 0.3) is 0 Å². The Hall–Kier alpha value is -2.05. The zero-order valence-electron chi connectivity index (χ0n) is 9.08. The van der Waals surface area contributed by atoms with Gasteiger partial charge in [0.05, 0.1) is 17.8 Å². The van der Waals surface area contributed by atoms with E-state index >= 15 is 0 Å². The number of alkyl halides is 3. The summed E-state index contributed by atoms with van der Waals surface area (Å²) in [5.74, 6) is 0.447. The summed E-state index contributed by atoms with van der Waals surface area (Å²) in [5.41, 5.74) is -0.0968. The van der Waals surface area contributed by atoms with Gasteiger partial charge in [0.2, 0.25) is 0 Å². The zero-order chi connectivity index (χ0) is 12.9. The molecule has 0 bridgehead atoms. The molecule has 0 saturated heterocycles. The highest BCUT2D eigenvalue weighted by Gasteiger charge is 2.35. The number of benzene rings is 1. The van der Waals surface area contributed by atoms with Crippen molar-refractivity contribution in [3.05, 3.63) is 29.3 Å². The Kier molecular flexibility index (Phi) is 2.13. The number of amidine groups is 1. The van der Waals surface area contributed by atoms with Crippen molar-refractivity contribution >= 4 is 17.6 Å². The zero-order valence-corrected chi connectivity index (χ0v) is 9.08. The van der Waals surface area contributed by atoms with Gasteiger partial charge >= 0.3 is 12.2 Å². The van der Waals surface area contributed by atoms with Crippen molar-refractivity contribution in [1.29, 1.82) is 0 Å². The first-order valence-corrected chi connectivity index (χ1v) is 5.31. The molecule has 2 heterocycles. The third kappa shape index (κ3) is 1.54. The molecule has 0 atom stereocenters. The molecule has 2 aliphatic rings. The quantitative estimate of drug-likeness (QED) is 0.759. The minimum atomic E-state index is -4.42. The van der Waals surface area contributed by atoms with E-state index in [1.54, 1.807) is 0 Å². The van der Waals surface area contributed by atoms with Gasteiger partial charge < -0.3 is 5.32 Å². The number of halogens is 3. The molecule has 7 heteroatoms. The van der Waals surface area contributed by atoms with Crippen LogP contribution in [0.5, 0.6) is 0 Å². The van der Waals surface area contributed by atoms with Crippen LogP contribution in [-0.4, -0.2) is 29.9 Å². The van der Waals surface area contributed by atoms with Gasteiger partial charge in [0, 0.05) is 12.1 Å². The highest BCUT2D eigenvalue weighted by molar-refractivity contribution is 6.19. The van der Waals surface area contributed by atoms with Crippen molar-refractivity contribution in [2.45, 2.75) is 6.18 Å². The van der Waals surface area contributed by atoms with Gasteiger partial charge in [-0.3, -0.25) is 9.89 Å². The van der Waals surface area contributed by atoms with E-state index in [1.165, 1.54) is 11.0 Å². The van der Waals surface area contributed by atoms with Crippen LogP contribution in [0.4, 0.5) is 23.7 Å². The van der Waals surface area contributed by atoms with Gasteiger partial charge in [-0.2, -0.15) is 13.2 Å². The first kappa shape index (κ1) is 11.1. The molecule has 1 aromatic rings. The Balaban J connectivity index is 2.11. The number of aliphatic imine (C=N–C) groups is 1. The maximum absolute atomic E-state index is 12.6. The van der Waals surface area contributed by atoms with E-state index in [-0.39, 0.29) is 5.69 Å². The number of hydrogen-bond donors (Lipinski definition) is 1. The average molecular weight is 255 g/mol. The number of hydrogen-bond acceptors (Lipinski definition) is 2. The average Bonchev–Trinajstić information content (AvgIpc) is 2.77. The van der Waals surface area contributed by atoms with Crippen molar-refractivity contribution in [3.63, 3.8) is 0 Å². The van der Waals surface area contributed by atoms with Crippen LogP contribution in [0.2, 0.25) is 0 Å². The lowest BCUT2D eigenvalue weighted by atomic mass is 10.1. The molecule has 3 rings (SSSR count). The predicted molar refractivity (Wildman–Crippen MR) is 58.6 cm³/mol. The summed E-state index contributed by atoms with van der Waals surface area (Å²) in [6.45, 7) is 0.935. The Labute approximate surface area is 100 Å². The standard InChI is InChI=1S/C11H8F3N3O/c12-11(13,14)6-1-2-7-8(5-6)16-10(18)17-4-3-15-9(7)17/h1-2,5H,3-4H2,(H,16,18). The molecule has 0 unspecified atom stereocenters. The fourth-order valence-electron chi connectivity index (χ4n) is 2.08. The van der Waals surface area contributed by atoms with Crippen molar-refractivity contribution in [3.8, 4) is 0 Å². The Morgan fingerprint density at radius 1 is 1.33 bits per heavy atom. The van der Waals surface area contributed by atoms with Crippen molar-refractivity contribution in [2.24, 2.45) is 4.99 Å². The number of anilines is 1. The molecule has 2 aliphatic heterocycles. The SMILES string of the molecule is O=C1Nc2cc(C(F)(F)F)ccc2C2=NCCN12. The summed E-state index contributed by atoms with van der Waals surface area (Å²) >= 11 is 0. The molecule has 0 aliphatic carbocycles. The van der Waals surface area contributed by atoms with Crippen LogP contribution in [0.3, 0.4) is 0 Å². The second-order valence-electron chi connectivity index (χ2n) is 4.05. The van der Waals surface area contributed by atoms with Gasteiger partial charge in [-0.1, -0.05) is 0 Å². The van der Waals surface area contributed by atoms with Crippen molar-refractivity contribution in [2.75, 3.05) is 18.4 Å².